The maximum atomic E-state index is 11.7. The third-order valence-electron chi connectivity index (χ3n) is 4.57. The Bertz CT molecular complexity index is 1140. The molecule has 0 saturated heterocycles. The van der Waals surface area contributed by atoms with Crippen LogP contribution in [-0.4, -0.2) is 14.4 Å². The highest BCUT2D eigenvalue weighted by Crippen LogP contribution is 2.36. The first kappa shape index (κ1) is 16.1. The lowest BCUT2D eigenvalue weighted by Crippen LogP contribution is -2.06. The molecule has 4 aromatic rings. The van der Waals surface area contributed by atoms with Crippen molar-refractivity contribution < 1.29 is 14.4 Å². The molecule has 2 N–H and O–H groups in total. The normalized spacial score (nSPS) is 12.1. The first-order chi connectivity index (χ1) is 12.0. The Morgan fingerprint density at radius 3 is 2.40 bits per heavy atom. The monoisotopic (exact) mass is 351 g/mol. The fourth-order valence-corrected chi connectivity index (χ4v) is 3.91. The van der Waals surface area contributed by atoms with E-state index >= 15 is 0 Å². The Hall–Kier alpha value is -2.39. The summed E-state index contributed by atoms with van der Waals surface area (Å²) in [4.78, 5) is 19.0. The number of aryl methyl sites for hydroxylation is 1. The SMILES string of the molecule is CCc1ccc2c3ccccc3n(-c3cccc(P(=O)(O)O)c3)c2c1. The van der Waals surface area contributed by atoms with Crippen LogP contribution < -0.4 is 5.30 Å². The van der Waals surface area contributed by atoms with Gasteiger partial charge in [0.2, 0.25) is 0 Å². The Morgan fingerprint density at radius 1 is 0.880 bits per heavy atom. The summed E-state index contributed by atoms with van der Waals surface area (Å²) < 4.78 is 13.7. The summed E-state index contributed by atoms with van der Waals surface area (Å²) in [5.74, 6) is 0. The van der Waals surface area contributed by atoms with Gasteiger partial charge in [0.15, 0.2) is 0 Å². The number of aromatic nitrogens is 1. The van der Waals surface area contributed by atoms with E-state index in [0.29, 0.717) is 0 Å². The molecule has 126 valence electrons. The minimum absolute atomic E-state index is 0.0302. The molecule has 0 atom stereocenters. The number of para-hydroxylation sites is 1. The molecule has 25 heavy (non-hydrogen) atoms. The van der Waals surface area contributed by atoms with E-state index < -0.39 is 7.60 Å². The van der Waals surface area contributed by atoms with E-state index in [0.717, 1.165) is 33.9 Å². The molecule has 0 aliphatic heterocycles. The standard InChI is InChI=1S/C20H18NO3P/c1-2-14-10-11-18-17-8-3-4-9-19(17)21(20(18)12-14)15-6-5-7-16(13-15)25(22,23)24/h3-13H,2H2,1H3,(H2,22,23,24). The number of benzene rings is 3. The van der Waals surface area contributed by atoms with Crippen molar-refractivity contribution in [3.8, 4) is 5.69 Å². The van der Waals surface area contributed by atoms with Crippen molar-refractivity contribution >= 4 is 34.7 Å². The van der Waals surface area contributed by atoms with Crippen LogP contribution in [-0.2, 0) is 11.0 Å². The molecule has 0 aliphatic carbocycles. The van der Waals surface area contributed by atoms with E-state index in [1.807, 2.05) is 24.3 Å². The smallest absolute Gasteiger partial charge is 0.321 e. The zero-order valence-corrected chi connectivity index (χ0v) is 14.6. The van der Waals surface area contributed by atoms with E-state index in [9.17, 15) is 14.4 Å². The van der Waals surface area contributed by atoms with Crippen molar-refractivity contribution in [2.45, 2.75) is 13.3 Å². The second kappa shape index (κ2) is 5.85. The maximum absolute atomic E-state index is 11.7. The number of nitrogens with zero attached hydrogens (tertiary/aromatic N) is 1. The van der Waals surface area contributed by atoms with Crippen LogP contribution in [0.25, 0.3) is 27.5 Å². The number of fused-ring (bicyclic) bond motifs is 3. The molecule has 0 bridgehead atoms. The van der Waals surface area contributed by atoms with Crippen molar-refractivity contribution in [3.63, 3.8) is 0 Å². The molecule has 1 aromatic heterocycles. The van der Waals surface area contributed by atoms with E-state index in [-0.39, 0.29) is 5.30 Å². The van der Waals surface area contributed by atoms with E-state index in [4.69, 9.17) is 0 Å². The highest BCUT2D eigenvalue weighted by Gasteiger charge is 2.19. The van der Waals surface area contributed by atoms with Gasteiger partial charge < -0.3 is 14.4 Å². The lowest BCUT2D eigenvalue weighted by Gasteiger charge is -2.11. The molecule has 3 aromatic carbocycles. The van der Waals surface area contributed by atoms with Crippen LogP contribution in [0.4, 0.5) is 0 Å². The topological polar surface area (TPSA) is 62.5 Å². The average Bonchev–Trinajstić information content (AvgIpc) is 2.94. The predicted octanol–water partition coefficient (Wildman–Crippen LogP) is 4.15. The summed E-state index contributed by atoms with van der Waals surface area (Å²) in [5, 5.41) is 2.29. The summed E-state index contributed by atoms with van der Waals surface area (Å²) in [6.45, 7) is 2.11. The minimum atomic E-state index is -4.30. The first-order valence-electron chi connectivity index (χ1n) is 8.17. The van der Waals surface area contributed by atoms with Crippen LogP contribution in [0.1, 0.15) is 12.5 Å². The van der Waals surface area contributed by atoms with Gasteiger partial charge in [-0.15, -0.1) is 0 Å². The average molecular weight is 351 g/mol. The lowest BCUT2D eigenvalue weighted by atomic mass is 10.1. The summed E-state index contributed by atoms with van der Waals surface area (Å²) in [6, 6.07) is 21.1. The molecule has 0 saturated carbocycles. The van der Waals surface area contributed by atoms with Crippen molar-refractivity contribution in [3.05, 3.63) is 72.3 Å². The van der Waals surface area contributed by atoms with Crippen LogP contribution in [0.3, 0.4) is 0 Å². The summed E-state index contributed by atoms with van der Waals surface area (Å²) >= 11 is 0. The van der Waals surface area contributed by atoms with Crippen molar-refractivity contribution in [1.29, 1.82) is 0 Å². The Kier molecular flexibility index (Phi) is 3.77. The Morgan fingerprint density at radius 2 is 1.64 bits per heavy atom. The van der Waals surface area contributed by atoms with Crippen molar-refractivity contribution in [2.75, 3.05) is 0 Å². The van der Waals surface area contributed by atoms with Crippen LogP contribution in [0.15, 0.2) is 66.7 Å². The second-order valence-corrected chi connectivity index (χ2v) is 7.73. The molecule has 0 fully saturated rings. The van der Waals surface area contributed by atoms with Gasteiger partial charge >= 0.3 is 7.60 Å². The molecule has 0 aliphatic rings. The number of hydrogen-bond donors (Lipinski definition) is 2. The molecule has 0 amide bonds. The van der Waals surface area contributed by atoms with Crippen LogP contribution in [0, 0.1) is 0 Å². The van der Waals surface area contributed by atoms with Gasteiger partial charge in [-0.3, -0.25) is 4.57 Å². The van der Waals surface area contributed by atoms with Gasteiger partial charge in [-0.2, -0.15) is 0 Å². The number of rotatable bonds is 3. The predicted molar refractivity (Wildman–Crippen MR) is 102 cm³/mol. The Balaban J connectivity index is 2.11. The molecular weight excluding hydrogens is 333 g/mol. The van der Waals surface area contributed by atoms with Gasteiger partial charge in [-0.1, -0.05) is 43.3 Å². The van der Waals surface area contributed by atoms with E-state index in [1.165, 1.54) is 11.6 Å². The summed E-state index contributed by atoms with van der Waals surface area (Å²) in [5.41, 5.74) is 4.04. The van der Waals surface area contributed by atoms with Crippen LogP contribution in [0.2, 0.25) is 0 Å². The molecule has 4 rings (SSSR count). The van der Waals surface area contributed by atoms with Crippen molar-refractivity contribution in [1.82, 2.24) is 4.57 Å². The third kappa shape index (κ3) is 2.69. The van der Waals surface area contributed by atoms with Gasteiger partial charge in [0.05, 0.1) is 16.3 Å². The molecule has 4 nitrogen and oxygen atoms in total. The van der Waals surface area contributed by atoms with E-state index in [1.54, 1.807) is 12.1 Å². The zero-order valence-electron chi connectivity index (χ0n) is 13.8. The number of hydrogen-bond acceptors (Lipinski definition) is 1. The highest BCUT2D eigenvalue weighted by atomic mass is 31.2. The van der Waals surface area contributed by atoms with Gasteiger partial charge in [0.25, 0.3) is 0 Å². The fourth-order valence-electron chi connectivity index (χ4n) is 3.33. The molecule has 1 heterocycles. The quantitative estimate of drug-likeness (QED) is 0.545. The van der Waals surface area contributed by atoms with Crippen LogP contribution in [0.5, 0.6) is 0 Å². The van der Waals surface area contributed by atoms with E-state index in [2.05, 4.69) is 35.8 Å². The lowest BCUT2D eigenvalue weighted by molar-refractivity contribution is 0.387. The second-order valence-electron chi connectivity index (χ2n) is 6.12. The molecule has 0 unspecified atom stereocenters. The largest absolute Gasteiger partial charge is 0.356 e. The van der Waals surface area contributed by atoms with Gasteiger partial charge in [-0.25, -0.2) is 0 Å². The molecular formula is C20H18NO3P. The first-order valence-corrected chi connectivity index (χ1v) is 9.79. The molecule has 5 heteroatoms. The molecule has 0 radical (unpaired) electrons. The minimum Gasteiger partial charge on any atom is -0.321 e. The Labute approximate surface area is 145 Å². The molecule has 0 spiro atoms. The summed E-state index contributed by atoms with van der Waals surface area (Å²) in [6.07, 6.45) is 0.931. The van der Waals surface area contributed by atoms with Gasteiger partial charge in [0.1, 0.15) is 0 Å². The van der Waals surface area contributed by atoms with Gasteiger partial charge in [0, 0.05) is 16.5 Å². The van der Waals surface area contributed by atoms with Crippen LogP contribution >= 0.6 is 7.60 Å². The highest BCUT2D eigenvalue weighted by molar-refractivity contribution is 7.60. The third-order valence-corrected chi connectivity index (χ3v) is 5.52. The fraction of sp³-hybridized carbons (Fsp3) is 0.100. The zero-order chi connectivity index (χ0) is 17.6. The summed E-state index contributed by atoms with van der Waals surface area (Å²) in [7, 11) is -4.30. The maximum Gasteiger partial charge on any atom is 0.356 e. The van der Waals surface area contributed by atoms with Gasteiger partial charge in [-0.05, 0) is 42.3 Å². The van der Waals surface area contributed by atoms with Crippen molar-refractivity contribution in [2.24, 2.45) is 0 Å².